The van der Waals surface area contributed by atoms with Gasteiger partial charge in [-0.25, -0.2) is 4.98 Å². The first kappa shape index (κ1) is 20.4. The molecule has 1 aromatic heterocycles. The number of carbonyl (C=O) groups is 1. The number of oxazole rings is 1. The average molecular weight is 412 g/mol. The third kappa shape index (κ3) is 4.67. The zero-order chi connectivity index (χ0) is 21.8. The van der Waals surface area contributed by atoms with Crippen LogP contribution in [0, 0.1) is 0 Å². The standard InChI is InChI=1S/C26H24N2O3/c1-17(2)19-10-13-24-22(15-19)28-26(31-24)20-11-12-23(30-3)21(16-20)27-25(29)14-9-18-7-5-4-6-8-18/h4-17H,1-3H3,(H,27,29). The van der Waals surface area contributed by atoms with Gasteiger partial charge in [0.1, 0.15) is 11.3 Å². The lowest BCUT2D eigenvalue weighted by Gasteiger charge is -2.10. The van der Waals surface area contributed by atoms with E-state index in [0.717, 1.165) is 22.2 Å². The van der Waals surface area contributed by atoms with Gasteiger partial charge in [-0.15, -0.1) is 0 Å². The van der Waals surface area contributed by atoms with Gasteiger partial charge in [0.05, 0.1) is 12.8 Å². The van der Waals surface area contributed by atoms with Crippen LogP contribution in [-0.4, -0.2) is 18.0 Å². The van der Waals surface area contributed by atoms with Gasteiger partial charge in [0.15, 0.2) is 5.58 Å². The molecule has 156 valence electrons. The number of rotatable bonds is 6. The Labute approximate surface area is 181 Å². The highest BCUT2D eigenvalue weighted by Gasteiger charge is 2.13. The molecule has 4 rings (SSSR count). The van der Waals surface area contributed by atoms with E-state index >= 15 is 0 Å². The molecule has 4 aromatic rings. The number of ether oxygens (including phenoxy) is 1. The Hall–Kier alpha value is -3.86. The summed E-state index contributed by atoms with van der Waals surface area (Å²) in [5.41, 5.74) is 5.00. The van der Waals surface area contributed by atoms with Crippen molar-refractivity contribution >= 4 is 28.8 Å². The maximum absolute atomic E-state index is 12.5. The van der Waals surface area contributed by atoms with E-state index in [1.165, 1.54) is 11.6 Å². The smallest absolute Gasteiger partial charge is 0.248 e. The molecule has 3 aromatic carbocycles. The Kier molecular flexibility index (Phi) is 5.85. The number of benzene rings is 3. The highest BCUT2D eigenvalue weighted by molar-refractivity contribution is 6.03. The van der Waals surface area contributed by atoms with Gasteiger partial charge in [-0.2, -0.15) is 0 Å². The molecular formula is C26H24N2O3. The van der Waals surface area contributed by atoms with Crippen molar-refractivity contribution in [3.8, 4) is 17.2 Å². The number of anilines is 1. The monoisotopic (exact) mass is 412 g/mol. The molecule has 0 bridgehead atoms. The lowest BCUT2D eigenvalue weighted by Crippen LogP contribution is -2.09. The van der Waals surface area contributed by atoms with E-state index in [4.69, 9.17) is 9.15 Å². The fraction of sp³-hybridized carbons (Fsp3) is 0.154. The van der Waals surface area contributed by atoms with E-state index < -0.39 is 0 Å². The fourth-order valence-electron chi connectivity index (χ4n) is 3.28. The molecule has 0 aliphatic rings. The maximum atomic E-state index is 12.5. The number of fused-ring (bicyclic) bond motifs is 1. The first-order valence-electron chi connectivity index (χ1n) is 10.2. The van der Waals surface area contributed by atoms with Crippen LogP contribution < -0.4 is 10.1 Å². The van der Waals surface area contributed by atoms with Gasteiger partial charge >= 0.3 is 0 Å². The van der Waals surface area contributed by atoms with E-state index in [2.05, 4.69) is 30.2 Å². The number of carbonyl (C=O) groups excluding carboxylic acids is 1. The van der Waals surface area contributed by atoms with Gasteiger partial charge in [-0.05, 0) is 53.5 Å². The summed E-state index contributed by atoms with van der Waals surface area (Å²) in [6.45, 7) is 4.29. The van der Waals surface area contributed by atoms with Crippen molar-refractivity contribution in [3.05, 3.63) is 83.9 Å². The van der Waals surface area contributed by atoms with Crippen molar-refractivity contribution in [2.24, 2.45) is 0 Å². The fourth-order valence-corrected chi connectivity index (χ4v) is 3.28. The molecule has 0 saturated heterocycles. The van der Waals surface area contributed by atoms with Crippen molar-refractivity contribution in [1.82, 2.24) is 4.98 Å². The van der Waals surface area contributed by atoms with Crippen molar-refractivity contribution in [1.29, 1.82) is 0 Å². The summed E-state index contributed by atoms with van der Waals surface area (Å²) in [5.74, 6) is 1.21. The first-order valence-corrected chi connectivity index (χ1v) is 10.2. The molecule has 31 heavy (non-hydrogen) atoms. The Morgan fingerprint density at radius 3 is 2.61 bits per heavy atom. The lowest BCUT2D eigenvalue weighted by molar-refractivity contribution is -0.111. The second-order valence-electron chi connectivity index (χ2n) is 7.55. The summed E-state index contributed by atoms with van der Waals surface area (Å²) in [7, 11) is 1.57. The molecule has 1 heterocycles. The van der Waals surface area contributed by atoms with E-state index in [1.807, 2.05) is 48.5 Å². The normalized spacial score (nSPS) is 11.4. The number of nitrogens with one attached hydrogen (secondary N) is 1. The molecule has 1 N–H and O–H groups in total. The largest absolute Gasteiger partial charge is 0.495 e. The van der Waals surface area contributed by atoms with Gasteiger partial charge in [0.2, 0.25) is 11.8 Å². The second kappa shape index (κ2) is 8.88. The molecule has 5 heteroatoms. The summed E-state index contributed by atoms with van der Waals surface area (Å²) in [5, 5.41) is 2.88. The topological polar surface area (TPSA) is 64.4 Å². The van der Waals surface area contributed by atoms with Crippen molar-refractivity contribution in [2.45, 2.75) is 19.8 Å². The second-order valence-corrected chi connectivity index (χ2v) is 7.55. The van der Waals surface area contributed by atoms with Crippen molar-refractivity contribution in [3.63, 3.8) is 0 Å². The molecule has 0 spiro atoms. The van der Waals surface area contributed by atoms with Crippen LogP contribution in [0.15, 0.2) is 77.2 Å². The van der Waals surface area contributed by atoms with Crippen LogP contribution in [0.3, 0.4) is 0 Å². The number of aromatic nitrogens is 1. The predicted octanol–water partition coefficient (Wildman–Crippen LogP) is 6.28. The third-order valence-corrected chi connectivity index (χ3v) is 5.01. The average Bonchev–Trinajstić information content (AvgIpc) is 3.22. The number of nitrogens with zero attached hydrogens (tertiary/aromatic N) is 1. The summed E-state index contributed by atoms with van der Waals surface area (Å²) in [6, 6.07) is 21.2. The number of hydrogen-bond acceptors (Lipinski definition) is 4. The summed E-state index contributed by atoms with van der Waals surface area (Å²) in [4.78, 5) is 17.1. The molecule has 0 aliphatic carbocycles. The van der Waals surface area contributed by atoms with Crippen molar-refractivity contribution < 1.29 is 13.9 Å². The van der Waals surface area contributed by atoms with Crippen LogP contribution in [0.25, 0.3) is 28.6 Å². The quantitative estimate of drug-likeness (QED) is 0.379. The molecule has 0 unspecified atom stereocenters. The van der Waals surface area contributed by atoms with E-state index in [-0.39, 0.29) is 5.91 Å². The minimum atomic E-state index is -0.251. The minimum Gasteiger partial charge on any atom is -0.495 e. The van der Waals surface area contributed by atoms with E-state index in [0.29, 0.717) is 23.2 Å². The van der Waals surface area contributed by atoms with E-state index in [9.17, 15) is 4.79 Å². The third-order valence-electron chi connectivity index (χ3n) is 5.01. The Morgan fingerprint density at radius 2 is 1.87 bits per heavy atom. The van der Waals surface area contributed by atoms with Gasteiger partial charge in [-0.3, -0.25) is 4.79 Å². The SMILES string of the molecule is COc1ccc(-c2nc3cc(C(C)C)ccc3o2)cc1NC(=O)C=Cc1ccccc1. The van der Waals surface area contributed by atoms with Crippen molar-refractivity contribution in [2.75, 3.05) is 12.4 Å². The molecule has 5 nitrogen and oxygen atoms in total. The van der Waals surface area contributed by atoms with Crippen LogP contribution in [0.2, 0.25) is 0 Å². The maximum Gasteiger partial charge on any atom is 0.248 e. The Morgan fingerprint density at radius 1 is 1.06 bits per heavy atom. The number of amides is 1. The lowest BCUT2D eigenvalue weighted by atomic mass is 10.0. The molecule has 0 atom stereocenters. The highest BCUT2D eigenvalue weighted by atomic mass is 16.5. The highest BCUT2D eigenvalue weighted by Crippen LogP contribution is 2.32. The van der Waals surface area contributed by atoms with E-state index in [1.54, 1.807) is 25.3 Å². The summed E-state index contributed by atoms with van der Waals surface area (Å²) in [6.07, 6.45) is 3.26. The number of hydrogen-bond donors (Lipinski definition) is 1. The molecule has 0 radical (unpaired) electrons. The molecular weight excluding hydrogens is 388 g/mol. The zero-order valence-corrected chi connectivity index (χ0v) is 17.8. The predicted molar refractivity (Wildman–Crippen MR) is 124 cm³/mol. The summed E-state index contributed by atoms with van der Waals surface area (Å²) >= 11 is 0. The van der Waals surface area contributed by atoms with Gasteiger partial charge in [-0.1, -0.05) is 50.2 Å². The molecule has 0 saturated carbocycles. The van der Waals surface area contributed by atoms with Crippen LogP contribution in [-0.2, 0) is 4.79 Å². The zero-order valence-electron chi connectivity index (χ0n) is 17.8. The van der Waals surface area contributed by atoms with Gasteiger partial charge in [0.25, 0.3) is 0 Å². The molecule has 0 fully saturated rings. The van der Waals surface area contributed by atoms with Gasteiger partial charge < -0.3 is 14.5 Å². The molecule has 0 aliphatic heterocycles. The van der Waals surface area contributed by atoms with Crippen LogP contribution >= 0.6 is 0 Å². The van der Waals surface area contributed by atoms with Crippen LogP contribution in [0.4, 0.5) is 5.69 Å². The van der Waals surface area contributed by atoms with Crippen LogP contribution in [0.1, 0.15) is 30.9 Å². The minimum absolute atomic E-state index is 0.251. The van der Waals surface area contributed by atoms with Crippen LogP contribution in [0.5, 0.6) is 5.75 Å². The number of methoxy groups -OCH3 is 1. The first-order chi connectivity index (χ1) is 15.0. The van der Waals surface area contributed by atoms with Gasteiger partial charge in [0, 0.05) is 11.6 Å². The molecule has 1 amide bonds. The summed E-state index contributed by atoms with van der Waals surface area (Å²) < 4.78 is 11.4. The Bertz CT molecular complexity index is 1240. The Balaban J connectivity index is 1.60.